The number of thiophene rings is 1. The summed E-state index contributed by atoms with van der Waals surface area (Å²) in [6, 6.07) is 3.15. The fourth-order valence-corrected chi connectivity index (χ4v) is 2.16. The second kappa shape index (κ2) is 7.70. The highest BCUT2D eigenvalue weighted by Gasteiger charge is 2.16. The number of nitrogens with zero attached hydrogens (tertiary/aromatic N) is 1. The molecule has 19 heavy (non-hydrogen) atoms. The quantitative estimate of drug-likeness (QED) is 0.706. The Kier molecular flexibility index (Phi) is 6.24. The fraction of sp³-hybridized carbons (Fsp3) is 0.385. The molecule has 0 aromatic carbocycles. The van der Waals surface area contributed by atoms with E-state index >= 15 is 0 Å². The van der Waals surface area contributed by atoms with Crippen molar-refractivity contribution in [2.24, 2.45) is 0 Å². The summed E-state index contributed by atoms with van der Waals surface area (Å²) in [6.07, 6.45) is 1.66. The number of hydrogen-bond acceptors (Lipinski definition) is 4. The third-order valence-electron chi connectivity index (χ3n) is 2.56. The molecule has 0 fully saturated rings. The van der Waals surface area contributed by atoms with Gasteiger partial charge in [-0.05, 0) is 18.4 Å². The van der Waals surface area contributed by atoms with Crippen LogP contribution in [0.3, 0.4) is 0 Å². The summed E-state index contributed by atoms with van der Waals surface area (Å²) in [4.78, 5) is 25.4. The lowest BCUT2D eigenvalue weighted by molar-refractivity contribution is -0.139. The first kappa shape index (κ1) is 15.4. The number of carboxylic acids is 1. The minimum absolute atomic E-state index is 0.00663. The Balaban J connectivity index is 2.53. The summed E-state index contributed by atoms with van der Waals surface area (Å²) in [5.41, 5.74) is 0. The highest BCUT2D eigenvalue weighted by molar-refractivity contribution is 7.09. The Bertz CT molecular complexity index is 431. The molecule has 0 spiro atoms. The molecule has 5 nitrogen and oxygen atoms in total. The molecular weight excluding hydrogens is 264 g/mol. The SMILES string of the molecule is C=CCN(Cc1cccs1)C(=O)CNC(C)C(=O)O. The topological polar surface area (TPSA) is 69.6 Å². The lowest BCUT2D eigenvalue weighted by Gasteiger charge is -2.21. The van der Waals surface area contributed by atoms with E-state index in [0.717, 1.165) is 4.88 Å². The summed E-state index contributed by atoms with van der Waals surface area (Å²) in [7, 11) is 0. The van der Waals surface area contributed by atoms with Gasteiger partial charge in [0.1, 0.15) is 6.04 Å². The first-order valence-corrected chi connectivity index (χ1v) is 6.79. The van der Waals surface area contributed by atoms with Gasteiger partial charge in [0.25, 0.3) is 0 Å². The van der Waals surface area contributed by atoms with Crippen molar-refractivity contribution in [3.63, 3.8) is 0 Å². The molecule has 104 valence electrons. The van der Waals surface area contributed by atoms with Gasteiger partial charge in [-0.25, -0.2) is 0 Å². The van der Waals surface area contributed by atoms with Crippen molar-refractivity contribution < 1.29 is 14.7 Å². The highest BCUT2D eigenvalue weighted by atomic mass is 32.1. The van der Waals surface area contributed by atoms with Gasteiger partial charge in [0, 0.05) is 11.4 Å². The van der Waals surface area contributed by atoms with Crippen LogP contribution < -0.4 is 5.32 Å². The van der Waals surface area contributed by atoms with Crippen LogP contribution in [-0.4, -0.2) is 41.0 Å². The molecule has 0 radical (unpaired) electrons. The Labute approximate surface area is 116 Å². The molecule has 0 saturated heterocycles. The minimum atomic E-state index is -0.971. The highest BCUT2D eigenvalue weighted by Crippen LogP contribution is 2.11. The number of rotatable bonds is 8. The molecule has 1 aromatic heterocycles. The first-order valence-electron chi connectivity index (χ1n) is 5.91. The normalized spacial score (nSPS) is 11.8. The van der Waals surface area contributed by atoms with Crippen LogP contribution in [0.15, 0.2) is 30.2 Å². The predicted molar refractivity (Wildman–Crippen MR) is 75.0 cm³/mol. The molecule has 0 bridgehead atoms. The fourth-order valence-electron chi connectivity index (χ4n) is 1.44. The number of hydrogen-bond donors (Lipinski definition) is 2. The molecule has 1 aromatic rings. The number of carbonyl (C=O) groups is 2. The predicted octanol–water partition coefficient (Wildman–Crippen LogP) is 1.33. The van der Waals surface area contributed by atoms with Crippen LogP contribution in [0.1, 0.15) is 11.8 Å². The van der Waals surface area contributed by atoms with E-state index in [1.54, 1.807) is 22.3 Å². The van der Waals surface area contributed by atoms with Gasteiger partial charge in [-0.2, -0.15) is 0 Å². The van der Waals surface area contributed by atoms with Gasteiger partial charge in [-0.15, -0.1) is 17.9 Å². The minimum Gasteiger partial charge on any atom is -0.480 e. The molecule has 1 amide bonds. The molecule has 1 rings (SSSR count). The van der Waals surface area contributed by atoms with E-state index in [4.69, 9.17) is 5.11 Å². The number of aliphatic carboxylic acids is 1. The zero-order valence-electron chi connectivity index (χ0n) is 10.8. The Morgan fingerprint density at radius 2 is 2.37 bits per heavy atom. The van der Waals surface area contributed by atoms with E-state index in [9.17, 15) is 9.59 Å². The number of carboxylic acid groups (broad SMARTS) is 1. The van der Waals surface area contributed by atoms with Gasteiger partial charge in [0.2, 0.25) is 5.91 Å². The monoisotopic (exact) mass is 282 g/mol. The zero-order valence-corrected chi connectivity index (χ0v) is 11.7. The van der Waals surface area contributed by atoms with Crippen molar-refractivity contribution in [1.82, 2.24) is 10.2 Å². The molecule has 1 atom stereocenters. The molecule has 1 heterocycles. The maximum Gasteiger partial charge on any atom is 0.320 e. The van der Waals surface area contributed by atoms with Crippen molar-refractivity contribution in [3.05, 3.63) is 35.0 Å². The standard InChI is InChI=1S/C13H18N2O3S/c1-3-6-15(9-11-5-4-7-19-11)12(16)8-14-10(2)13(17)18/h3-5,7,10,14H,1,6,8-9H2,2H3,(H,17,18). The number of carbonyl (C=O) groups excluding carboxylic acids is 1. The number of amides is 1. The average molecular weight is 282 g/mol. The van der Waals surface area contributed by atoms with Crippen molar-refractivity contribution in [2.75, 3.05) is 13.1 Å². The molecule has 2 N–H and O–H groups in total. The summed E-state index contributed by atoms with van der Waals surface area (Å²) < 4.78 is 0. The van der Waals surface area contributed by atoms with Crippen LogP contribution in [0, 0.1) is 0 Å². The van der Waals surface area contributed by atoms with Crippen LogP contribution in [0.25, 0.3) is 0 Å². The average Bonchev–Trinajstić information content (AvgIpc) is 2.87. The van der Waals surface area contributed by atoms with Crippen molar-refractivity contribution >= 4 is 23.2 Å². The van der Waals surface area contributed by atoms with Gasteiger partial charge >= 0.3 is 5.97 Å². The van der Waals surface area contributed by atoms with Crippen LogP contribution in [-0.2, 0) is 16.1 Å². The van der Waals surface area contributed by atoms with Gasteiger partial charge in [0.15, 0.2) is 0 Å². The molecule has 0 aliphatic heterocycles. The lowest BCUT2D eigenvalue weighted by Crippen LogP contribution is -2.43. The molecule has 0 saturated carbocycles. The third-order valence-corrected chi connectivity index (χ3v) is 3.42. The second-order valence-corrected chi connectivity index (χ2v) is 5.12. The summed E-state index contributed by atoms with van der Waals surface area (Å²) in [5, 5.41) is 13.4. The maximum atomic E-state index is 12.0. The first-order chi connectivity index (χ1) is 9.04. The summed E-state index contributed by atoms with van der Waals surface area (Å²) in [5.74, 6) is -1.11. The van der Waals surface area contributed by atoms with Crippen LogP contribution in [0.4, 0.5) is 0 Å². The molecular formula is C13H18N2O3S. The maximum absolute atomic E-state index is 12.0. The Morgan fingerprint density at radius 1 is 1.63 bits per heavy atom. The summed E-state index contributed by atoms with van der Waals surface area (Å²) >= 11 is 1.58. The Morgan fingerprint density at radius 3 is 2.89 bits per heavy atom. The zero-order chi connectivity index (χ0) is 14.3. The van der Waals surface area contributed by atoms with E-state index < -0.39 is 12.0 Å². The van der Waals surface area contributed by atoms with Crippen molar-refractivity contribution in [2.45, 2.75) is 19.5 Å². The third kappa shape index (κ3) is 5.23. The second-order valence-electron chi connectivity index (χ2n) is 4.08. The van der Waals surface area contributed by atoms with Crippen molar-refractivity contribution in [1.29, 1.82) is 0 Å². The lowest BCUT2D eigenvalue weighted by atomic mass is 10.3. The van der Waals surface area contributed by atoms with Gasteiger partial charge < -0.3 is 10.0 Å². The van der Waals surface area contributed by atoms with Gasteiger partial charge in [-0.1, -0.05) is 12.1 Å². The van der Waals surface area contributed by atoms with Crippen molar-refractivity contribution in [3.8, 4) is 0 Å². The largest absolute Gasteiger partial charge is 0.480 e. The molecule has 6 heteroatoms. The van der Waals surface area contributed by atoms with Gasteiger partial charge in [0.05, 0.1) is 13.1 Å². The van der Waals surface area contributed by atoms with E-state index in [1.807, 2.05) is 17.5 Å². The van der Waals surface area contributed by atoms with Crippen LogP contribution >= 0.6 is 11.3 Å². The summed E-state index contributed by atoms with van der Waals surface area (Å²) in [6.45, 7) is 6.11. The Hall–Kier alpha value is -1.66. The molecule has 0 aliphatic carbocycles. The van der Waals surface area contributed by atoms with E-state index in [1.165, 1.54) is 6.92 Å². The van der Waals surface area contributed by atoms with Crippen LogP contribution in [0.5, 0.6) is 0 Å². The van der Waals surface area contributed by atoms with E-state index in [0.29, 0.717) is 13.1 Å². The molecule has 1 unspecified atom stereocenters. The van der Waals surface area contributed by atoms with E-state index in [-0.39, 0.29) is 12.5 Å². The van der Waals surface area contributed by atoms with E-state index in [2.05, 4.69) is 11.9 Å². The number of nitrogens with one attached hydrogen (secondary N) is 1. The van der Waals surface area contributed by atoms with Crippen LogP contribution in [0.2, 0.25) is 0 Å². The van der Waals surface area contributed by atoms with Gasteiger partial charge in [-0.3, -0.25) is 14.9 Å². The smallest absolute Gasteiger partial charge is 0.320 e. The molecule has 0 aliphatic rings.